The first-order valence-corrected chi connectivity index (χ1v) is 8.01. The Bertz CT molecular complexity index is 539. The highest BCUT2D eigenvalue weighted by molar-refractivity contribution is 14.1. The van der Waals surface area contributed by atoms with Crippen LogP contribution in [-0.2, 0) is 0 Å². The first-order valence-electron chi connectivity index (χ1n) is 4.57. The first kappa shape index (κ1) is 14.1. The van der Waals surface area contributed by atoms with Gasteiger partial charge in [-0.1, -0.05) is 23.2 Å². The van der Waals surface area contributed by atoms with Gasteiger partial charge in [0.15, 0.2) is 0 Å². The van der Waals surface area contributed by atoms with Crippen molar-refractivity contribution < 1.29 is 5.11 Å². The van der Waals surface area contributed by atoms with Gasteiger partial charge in [-0.05, 0) is 62.8 Å². The summed E-state index contributed by atoms with van der Waals surface area (Å²) in [4.78, 5) is 0.794. The second kappa shape index (κ2) is 5.75. The average Bonchev–Trinajstić information content (AvgIpc) is 2.62. The van der Waals surface area contributed by atoms with Crippen LogP contribution in [0.25, 0.3) is 0 Å². The molecular formula is C11H6BrCl2IOS. The van der Waals surface area contributed by atoms with Crippen molar-refractivity contribution in [3.05, 3.63) is 52.1 Å². The van der Waals surface area contributed by atoms with Crippen molar-refractivity contribution >= 4 is 73.1 Å². The molecule has 0 bridgehead atoms. The highest BCUT2D eigenvalue weighted by Gasteiger charge is 2.17. The van der Waals surface area contributed by atoms with Crippen LogP contribution in [0.5, 0.6) is 0 Å². The molecule has 1 unspecified atom stereocenters. The number of halogens is 4. The Labute approximate surface area is 135 Å². The highest BCUT2D eigenvalue weighted by atomic mass is 127. The third-order valence-electron chi connectivity index (χ3n) is 2.19. The third-order valence-corrected chi connectivity index (χ3v) is 5.93. The third kappa shape index (κ3) is 3.16. The molecule has 2 aromatic rings. The van der Waals surface area contributed by atoms with E-state index in [-0.39, 0.29) is 0 Å². The second-order valence-corrected chi connectivity index (χ2v) is 7.75. The molecule has 1 aromatic heterocycles. The van der Waals surface area contributed by atoms with Crippen LogP contribution < -0.4 is 0 Å². The van der Waals surface area contributed by atoms with Crippen LogP contribution in [0.1, 0.15) is 16.5 Å². The van der Waals surface area contributed by atoms with Crippen LogP contribution in [0.3, 0.4) is 0 Å². The number of aliphatic hydroxyl groups excluding tert-OH is 1. The Morgan fingerprint density at radius 3 is 2.59 bits per heavy atom. The second-order valence-electron chi connectivity index (χ2n) is 3.34. The van der Waals surface area contributed by atoms with Gasteiger partial charge in [0.2, 0.25) is 0 Å². The molecule has 6 heteroatoms. The van der Waals surface area contributed by atoms with Crippen molar-refractivity contribution in [2.45, 2.75) is 6.10 Å². The quantitative estimate of drug-likeness (QED) is 0.583. The number of aliphatic hydroxyl groups is 1. The molecule has 0 aliphatic carbocycles. The zero-order valence-corrected chi connectivity index (χ0v) is 14.3. The van der Waals surface area contributed by atoms with E-state index < -0.39 is 6.10 Å². The van der Waals surface area contributed by atoms with Gasteiger partial charge in [-0.25, -0.2) is 0 Å². The van der Waals surface area contributed by atoms with Crippen molar-refractivity contribution in [1.82, 2.24) is 0 Å². The zero-order chi connectivity index (χ0) is 12.6. The van der Waals surface area contributed by atoms with Crippen molar-refractivity contribution in [2.75, 3.05) is 0 Å². The Hall–Kier alpha value is 0.670. The number of rotatable bonds is 2. The molecule has 0 saturated carbocycles. The largest absolute Gasteiger partial charge is 0.383 e. The lowest BCUT2D eigenvalue weighted by molar-refractivity contribution is 0.223. The van der Waals surface area contributed by atoms with E-state index in [1.807, 2.05) is 6.07 Å². The van der Waals surface area contributed by atoms with Gasteiger partial charge in [0, 0.05) is 19.0 Å². The predicted molar refractivity (Wildman–Crippen MR) is 85.3 cm³/mol. The van der Waals surface area contributed by atoms with Crippen LogP contribution in [0.2, 0.25) is 10.0 Å². The number of benzene rings is 1. The molecular weight excluding hydrogens is 458 g/mol. The van der Waals surface area contributed by atoms with Gasteiger partial charge >= 0.3 is 0 Å². The van der Waals surface area contributed by atoms with Crippen molar-refractivity contribution in [3.8, 4) is 0 Å². The lowest BCUT2D eigenvalue weighted by Crippen LogP contribution is -1.99. The topological polar surface area (TPSA) is 20.2 Å². The fourth-order valence-corrected chi connectivity index (χ4v) is 3.94. The summed E-state index contributed by atoms with van der Waals surface area (Å²) in [6.07, 6.45) is -0.700. The maximum Gasteiger partial charge on any atom is 0.114 e. The number of thiophene rings is 1. The maximum absolute atomic E-state index is 10.3. The van der Waals surface area contributed by atoms with Crippen LogP contribution in [-0.4, -0.2) is 5.11 Å². The summed E-state index contributed by atoms with van der Waals surface area (Å²) in [5.41, 5.74) is 0.795. The molecule has 1 N–H and O–H groups in total. The minimum atomic E-state index is -0.700. The Morgan fingerprint density at radius 2 is 2.00 bits per heavy atom. The molecule has 0 spiro atoms. The lowest BCUT2D eigenvalue weighted by Gasteiger charge is -2.11. The van der Waals surface area contributed by atoms with E-state index in [0.29, 0.717) is 10.0 Å². The van der Waals surface area contributed by atoms with E-state index in [1.165, 1.54) is 11.3 Å². The Kier molecular flexibility index (Phi) is 4.77. The van der Waals surface area contributed by atoms with Gasteiger partial charge < -0.3 is 5.11 Å². The Morgan fingerprint density at radius 1 is 1.29 bits per heavy atom. The van der Waals surface area contributed by atoms with Gasteiger partial charge in [0.05, 0.1) is 8.81 Å². The fraction of sp³-hybridized carbons (Fsp3) is 0.0909. The SMILES string of the molecule is OC(c1cc(Cl)c(Br)s1)c1cc(Cl)ccc1I. The van der Waals surface area contributed by atoms with Crippen LogP contribution in [0, 0.1) is 3.57 Å². The summed E-state index contributed by atoms with van der Waals surface area (Å²) in [5.74, 6) is 0. The van der Waals surface area contributed by atoms with Crippen LogP contribution in [0.15, 0.2) is 28.1 Å². The Balaban J connectivity index is 2.42. The summed E-state index contributed by atoms with van der Waals surface area (Å²) in [6.45, 7) is 0. The molecule has 1 nitrogen and oxygen atoms in total. The first-order chi connectivity index (χ1) is 7.99. The van der Waals surface area contributed by atoms with E-state index in [4.69, 9.17) is 23.2 Å². The number of hydrogen-bond acceptors (Lipinski definition) is 2. The van der Waals surface area contributed by atoms with Gasteiger partial charge in [0.25, 0.3) is 0 Å². The summed E-state index contributed by atoms with van der Waals surface area (Å²) in [7, 11) is 0. The molecule has 1 aromatic carbocycles. The zero-order valence-electron chi connectivity index (χ0n) is 8.25. The van der Waals surface area contributed by atoms with Gasteiger partial charge in [-0.15, -0.1) is 11.3 Å². The van der Waals surface area contributed by atoms with E-state index >= 15 is 0 Å². The van der Waals surface area contributed by atoms with E-state index in [1.54, 1.807) is 18.2 Å². The molecule has 0 amide bonds. The highest BCUT2D eigenvalue weighted by Crippen LogP contribution is 2.38. The van der Waals surface area contributed by atoms with Crippen molar-refractivity contribution in [3.63, 3.8) is 0 Å². The summed E-state index contributed by atoms with van der Waals surface area (Å²) < 4.78 is 1.80. The lowest BCUT2D eigenvalue weighted by atomic mass is 10.1. The van der Waals surface area contributed by atoms with Gasteiger partial charge in [-0.2, -0.15) is 0 Å². The summed E-state index contributed by atoms with van der Waals surface area (Å²) in [5, 5.41) is 11.5. The van der Waals surface area contributed by atoms with Crippen LogP contribution in [0.4, 0.5) is 0 Å². The van der Waals surface area contributed by atoms with Crippen LogP contribution >= 0.6 is 73.1 Å². The standard InChI is InChI=1S/C11H6BrCl2IOS/c12-11-7(14)4-9(17-11)10(16)6-3-5(13)1-2-8(6)15/h1-4,10,16H. The normalized spacial score (nSPS) is 12.8. The summed E-state index contributed by atoms with van der Waals surface area (Å²) in [6, 6.07) is 7.22. The van der Waals surface area contributed by atoms with Crippen molar-refractivity contribution in [1.29, 1.82) is 0 Å². The molecule has 90 valence electrons. The molecule has 1 atom stereocenters. The monoisotopic (exact) mass is 462 g/mol. The average molecular weight is 464 g/mol. The minimum Gasteiger partial charge on any atom is -0.383 e. The maximum atomic E-state index is 10.3. The molecule has 0 radical (unpaired) electrons. The molecule has 0 saturated heterocycles. The van der Waals surface area contributed by atoms with Crippen molar-refractivity contribution in [2.24, 2.45) is 0 Å². The molecule has 0 aliphatic heterocycles. The summed E-state index contributed by atoms with van der Waals surface area (Å²) >= 11 is 18.8. The van der Waals surface area contributed by atoms with Gasteiger partial charge in [-0.3, -0.25) is 0 Å². The minimum absolute atomic E-state index is 0.612. The van der Waals surface area contributed by atoms with E-state index in [0.717, 1.165) is 17.8 Å². The van der Waals surface area contributed by atoms with E-state index in [2.05, 4.69) is 38.5 Å². The molecule has 0 aliphatic rings. The predicted octanol–water partition coefficient (Wildman–Crippen LogP) is 5.50. The smallest absolute Gasteiger partial charge is 0.114 e. The molecule has 17 heavy (non-hydrogen) atoms. The number of hydrogen-bond donors (Lipinski definition) is 1. The fourth-order valence-electron chi connectivity index (χ4n) is 1.38. The van der Waals surface area contributed by atoms with E-state index in [9.17, 15) is 5.11 Å². The molecule has 2 rings (SSSR count). The van der Waals surface area contributed by atoms with Gasteiger partial charge in [0.1, 0.15) is 6.10 Å². The molecule has 1 heterocycles. The molecule has 0 fully saturated rings.